The minimum atomic E-state index is -1.87. The minimum Gasteiger partial charge on any atom is -0.497 e. The normalized spacial score (nSPS) is 12.7. The fraction of sp³-hybridized carbons (Fsp3) is 0.364. The molecule has 1 aromatic heterocycles. The Kier molecular flexibility index (Phi) is 8.85. The van der Waals surface area contributed by atoms with Crippen molar-refractivity contribution in [3.05, 3.63) is 94.9 Å². The highest BCUT2D eigenvalue weighted by molar-refractivity contribution is 6.74. The van der Waals surface area contributed by atoms with Gasteiger partial charge in [0.15, 0.2) is 8.32 Å². The molecule has 3 aromatic carbocycles. The SMILES string of the molecule is COc1ccc(CN=C(Cc2ccc(F)cc2)c2ccc3c(c2)cc(CO[Si](C)(C)C(C)(C)C)n3C)c(OC)c1. The first-order valence-corrected chi connectivity index (χ1v) is 16.5. The Morgan fingerprint density at radius 2 is 1.65 bits per heavy atom. The third-order valence-electron chi connectivity index (χ3n) is 8.08. The van der Waals surface area contributed by atoms with Crippen molar-refractivity contribution in [3.63, 3.8) is 0 Å². The summed E-state index contributed by atoms with van der Waals surface area (Å²) in [5.41, 5.74) is 6.22. The molecule has 4 rings (SSSR count). The first-order valence-electron chi connectivity index (χ1n) is 13.6. The Hall–Kier alpha value is -3.42. The molecule has 0 aliphatic heterocycles. The van der Waals surface area contributed by atoms with Crippen molar-refractivity contribution in [1.29, 1.82) is 0 Å². The molecule has 0 aliphatic carbocycles. The molecular weight excluding hydrogens is 519 g/mol. The monoisotopic (exact) mass is 560 g/mol. The summed E-state index contributed by atoms with van der Waals surface area (Å²) in [5.74, 6) is 1.22. The summed E-state index contributed by atoms with van der Waals surface area (Å²) in [7, 11) is 3.51. The van der Waals surface area contributed by atoms with E-state index in [1.165, 1.54) is 12.1 Å². The lowest BCUT2D eigenvalue weighted by molar-refractivity contribution is 0.269. The van der Waals surface area contributed by atoms with Crippen LogP contribution in [0.25, 0.3) is 10.9 Å². The van der Waals surface area contributed by atoms with Crippen LogP contribution in [0.2, 0.25) is 18.1 Å². The zero-order valence-electron chi connectivity index (χ0n) is 25.0. The number of rotatable bonds is 10. The number of nitrogens with zero attached hydrogens (tertiary/aromatic N) is 2. The molecule has 0 spiro atoms. The van der Waals surface area contributed by atoms with Crippen LogP contribution in [0.3, 0.4) is 0 Å². The zero-order chi connectivity index (χ0) is 29.1. The van der Waals surface area contributed by atoms with Crippen LogP contribution in [0.1, 0.15) is 43.2 Å². The van der Waals surface area contributed by atoms with Gasteiger partial charge in [0.05, 0.1) is 27.4 Å². The standard InChI is InChI=1S/C33H41FN2O3Si/c1-33(2,3)40(7,8)39-22-28-19-26-18-24(12-16-31(26)36(28)4)30(17-23-9-13-27(34)14-10-23)35-21-25-11-15-29(37-5)20-32(25)38-6/h9-16,18-20H,17,21-22H2,1-8H3. The van der Waals surface area contributed by atoms with Gasteiger partial charge in [0, 0.05) is 47.4 Å². The van der Waals surface area contributed by atoms with Gasteiger partial charge in [-0.2, -0.15) is 0 Å². The molecule has 212 valence electrons. The number of aliphatic imine (C=N–C) groups is 1. The quantitative estimate of drug-likeness (QED) is 0.145. The molecule has 0 aliphatic rings. The van der Waals surface area contributed by atoms with Crippen LogP contribution >= 0.6 is 0 Å². The van der Waals surface area contributed by atoms with E-state index >= 15 is 0 Å². The highest BCUT2D eigenvalue weighted by atomic mass is 28.4. The van der Waals surface area contributed by atoms with Crippen LogP contribution in [-0.2, 0) is 31.0 Å². The first kappa shape index (κ1) is 29.6. The summed E-state index contributed by atoms with van der Waals surface area (Å²) in [6.07, 6.45) is 0.582. The van der Waals surface area contributed by atoms with Gasteiger partial charge < -0.3 is 18.5 Å². The van der Waals surface area contributed by atoms with Crippen molar-refractivity contribution < 1.29 is 18.3 Å². The lowest BCUT2D eigenvalue weighted by atomic mass is 10.0. The molecule has 0 N–H and O–H groups in total. The zero-order valence-corrected chi connectivity index (χ0v) is 26.0. The fourth-order valence-electron chi connectivity index (χ4n) is 4.40. The number of methoxy groups -OCH3 is 2. The van der Waals surface area contributed by atoms with Gasteiger partial charge in [-0.3, -0.25) is 4.99 Å². The minimum absolute atomic E-state index is 0.156. The number of ether oxygens (including phenoxy) is 2. The van der Waals surface area contributed by atoms with Crippen LogP contribution < -0.4 is 9.47 Å². The molecular formula is C33H41FN2O3Si. The van der Waals surface area contributed by atoms with Gasteiger partial charge >= 0.3 is 0 Å². The van der Waals surface area contributed by atoms with E-state index < -0.39 is 8.32 Å². The van der Waals surface area contributed by atoms with Crippen molar-refractivity contribution >= 4 is 24.9 Å². The maximum atomic E-state index is 13.6. The number of hydrogen-bond donors (Lipinski definition) is 0. The van der Waals surface area contributed by atoms with E-state index in [9.17, 15) is 4.39 Å². The summed E-state index contributed by atoms with van der Waals surface area (Å²) in [5, 5.41) is 1.30. The highest BCUT2D eigenvalue weighted by Gasteiger charge is 2.37. The number of fused-ring (bicyclic) bond motifs is 1. The van der Waals surface area contributed by atoms with Gasteiger partial charge in [0.2, 0.25) is 0 Å². The van der Waals surface area contributed by atoms with Gasteiger partial charge in [-0.15, -0.1) is 0 Å². The van der Waals surface area contributed by atoms with E-state index in [0.29, 0.717) is 19.6 Å². The first-order chi connectivity index (χ1) is 18.9. The van der Waals surface area contributed by atoms with Crippen molar-refractivity contribution in [2.75, 3.05) is 14.2 Å². The Bertz CT molecular complexity index is 1500. The molecule has 4 aromatic rings. The van der Waals surface area contributed by atoms with Crippen LogP contribution in [0.15, 0.2) is 71.7 Å². The Balaban J connectivity index is 1.68. The molecule has 40 heavy (non-hydrogen) atoms. The number of hydrogen-bond acceptors (Lipinski definition) is 4. The molecule has 0 amide bonds. The predicted octanol–water partition coefficient (Wildman–Crippen LogP) is 8.09. The molecule has 7 heteroatoms. The Morgan fingerprint density at radius 1 is 0.925 bits per heavy atom. The molecule has 0 fully saturated rings. The van der Waals surface area contributed by atoms with Crippen LogP contribution in [-0.4, -0.2) is 32.8 Å². The topological polar surface area (TPSA) is 45.0 Å². The van der Waals surface area contributed by atoms with Crippen molar-refractivity contribution in [2.24, 2.45) is 12.0 Å². The van der Waals surface area contributed by atoms with Crippen LogP contribution in [0, 0.1) is 5.82 Å². The third-order valence-corrected chi connectivity index (χ3v) is 12.6. The van der Waals surface area contributed by atoms with Crippen LogP contribution in [0.5, 0.6) is 11.5 Å². The summed E-state index contributed by atoms with van der Waals surface area (Å²) < 4.78 is 33.3. The maximum absolute atomic E-state index is 13.6. The summed E-state index contributed by atoms with van der Waals surface area (Å²) in [4.78, 5) is 5.05. The van der Waals surface area contributed by atoms with E-state index in [2.05, 4.69) is 69.7 Å². The lowest BCUT2D eigenvalue weighted by Crippen LogP contribution is -2.40. The molecule has 0 saturated carbocycles. The summed E-state index contributed by atoms with van der Waals surface area (Å²) in [6.45, 7) is 12.4. The number of benzene rings is 3. The average Bonchev–Trinajstić information content (AvgIpc) is 3.24. The van der Waals surface area contributed by atoms with Gasteiger partial charge in [-0.1, -0.05) is 39.0 Å². The number of aromatic nitrogens is 1. The predicted molar refractivity (Wildman–Crippen MR) is 165 cm³/mol. The van der Waals surface area contributed by atoms with Gasteiger partial charge in [0.1, 0.15) is 17.3 Å². The molecule has 0 radical (unpaired) electrons. The maximum Gasteiger partial charge on any atom is 0.192 e. The van der Waals surface area contributed by atoms with Crippen molar-refractivity contribution in [3.8, 4) is 11.5 Å². The molecule has 0 atom stereocenters. The number of halogens is 1. The molecule has 0 unspecified atom stereocenters. The Labute approximate surface area is 238 Å². The molecule has 5 nitrogen and oxygen atoms in total. The molecule has 0 saturated heterocycles. The van der Waals surface area contributed by atoms with Crippen molar-refractivity contribution in [2.45, 2.75) is 58.5 Å². The smallest absolute Gasteiger partial charge is 0.192 e. The van der Waals surface area contributed by atoms with E-state index in [1.54, 1.807) is 14.2 Å². The fourth-order valence-corrected chi connectivity index (χ4v) is 5.35. The van der Waals surface area contributed by atoms with Gasteiger partial charge in [0.25, 0.3) is 0 Å². The van der Waals surface area contributed by atoms with E-state index in [0.717, 1.165) is 50.5 Å². The largest absolute Gasteiger partial charge is 0.497 e. The second-order valence-electron chi connectivity index (χ2n) is 11.8. The lowest BCUT2D eigenvalue weighted by Gasteiger charge is -2.36. The highest BCUT2D eigenvalue weighted by Crippen LogP contribution is 2.37. The molecule has 0 bridgehead atoms. The van der Waals surface area contributed by atoms with E-state index in [1.807, 2.05) is 30.3 Å². The third kappa shape index (κ3) is 6.65. The second-order valence-corrected chi connectivity index (χ2v) is 16.6. The van der Waals surface area contributed by atoms with Gasteiger partial charge in [-0.05, 0) is 71.7 Å². The van der Waals surface area contributed by atoms with Crippen molar-refractivity contribution in [1.82, 2.24) is 4.57 Å². The second kappa shape index (κ2) is 12.0. The summed E-state index contributed by atoms with van der Waals surface area (Å²) >= 11 is 0. The average molecular weight is 561 g/mol. The summed E-state index contributed by atoms with van der Waals surface area (Å²) in [6, 6.07) is 21.1. The van der Waals surface area contributed by atoms with Crippen LogP contribution in [0.4, 0.5) is 4.39 Å². The van der Waals surface area contributed by atoms with E-state index in [4.69, 9.17) is 18.9 Å². The van der Waals surface area contributed by atoms with Gasteiger partial charge in [-0.25, -0.2) is 4.39 Å². The van der Waals surface area contributed by atoms with E-state index in [-0.39, 0.29) is 10.9 Å². The number of aryl methyl sites for hydroxylation is 1. The Morgan fingerprint density at radius 3 is 2.30 bits per heavy atom. The molecule has 1 heterocycles.